The Kier molecular flexibility index (Phi) is 7.39. The molecule has 0 aliphatic rings. The Labute approximate surface area is 105 Å². The van der Waals surface area contributed by atoms with Crippen LogP contribution in [0.5, 0.6) is 0 Å². The lowest BCUT2D eigenvalue weighted by Gasteiger charge is -2.43. The fourth-order valence-corrected chi connectivity index (χ4v) is 2.35. The minimum absolute atomic E-state index is 0.251. The predicted octanol–water partition coefficient (Wildman–Crippen LogP) is 2.38. The number of aliphatic carboxylic acids is 1. The molecule has 0 fully saturated rings. The van der Waals surface area contributed by atoms with Gasteiger partial charge in [0.1, 0.15) is 5.54 Å². The number of nitrogens with zero attached hydrogens (tertiary/aromatic N) is 1. The van der Waals surface area contributed by atoms with Crippen molar-refractivity contribution in [2.45, 2.75) is 58.5 Å². The number of carboxylic acid groups (broad SMARTS) is 1. The highest BCUT2D eigenvalue weighted by atomic mass is 16.5. The highest BCUT2D eigenvalue weighted by Gasteiger charge is 2.42. The largest absolute Gasteiger partial charge is 0.480 e. The van der Waals surface area contributed by atoms with E-state index >= 15 is 0 Å². The molecule has 0 aliphatic carbocycles. The first-order valence-corrected chi connectivity index (χ1v) is 6.49. The van der Waals surface area contributed by atoms with Crippen LogP contribution in [0.25, 0.3) is 0 Å². The third-order valence-corrected chi connectivity index (χ3v) is 3.78. The number of carboxylic acids is 1. The molecule has 0 saturated heterocycles. The maximum absolute atomic E-state index is 11.6. The fraction of sp³-hybridized carbons (Fsp3) is 0.923. The van der Waals surface area contributed by atoms with E-state index in [4.69, 9.17) is 4.74 Å². The Morgan fingerprint density at radius 3 is 2.18 bits per heavy atom. The minimum Gasteiger partial charge on any atom is -0.480 e. The Balaban J connectivity index is 5.12. The zero-order valence-electron chi connectivity index (χ0n) is 11.8. The Morgan fingerprint density at radius 1 is 1.35 bits per heavy atom. The van der Waals surface area contributed by atoms with E-state index in [9.17, 15) is 9.90 Å². The summed E-state index contributed by atoms with van der Waals surface area (Å²) < 4.78 is 5.10. The van der Waals surface area contributed by atoms with Crippen LogP contribution in [0.4, 0.5) is 0 Å². The second-order valence-electron chi connectivity index (χ2n) is 4.49. The molecule has 0 bridgehead atoms. The zero-order valence-corrected chi connectivity index (χ0v) is 11.8. The van der Waals surface area contributed by atoms with E-state index in [2.05, 4.69) is 18.7 Å². The number of ether oxygens (including phenoxy) is 1. The van der Waals surface area contributed by atoms with Crippen LogP contribution in [0, 0.1) is 0 Å². The van der Waals surface area contributed by atoms with Crippen LogP contribution in [0.15, 0.2) is 0 Å². The maximum Gasteiger partial charge on any atom is 0.324 e. The van der Waals surface area contributed by atoms with E-state index in [1.807, 2.05) is 13.8 Å². The first kappa shape index (κ1) is 16.4. The molecule has 4 nitrogen and oxygen atoms in total. The molecule has 17 heavy (non-hydrogen) atoms. The summed E-state index contributed by atoms with van der Waals surface area (Å²) in [6.07, 6.45) is 2.18. The predicted molar refractivity (Wildman–Crippen MR) is 69.3 cm³/mol. The van der Waals surface area contributed by atoms with Gasteiger partial charge in [-0.3, -0.25) is 9.69 Å². The monoisotopic (exact) mass is 245 g/mol. The molecule has 0 amide bonds. The van der Waals surface area contributed by atoms with Crippen LogP contribution in [-0.4, -0.2) is 47.8 Å². The van der Waals surface area contributed by atoms with Crippen molar-refractivity contribution in [2.75, 3.05) is 20.3 Å². The highest BCUT2D eigenvalue weighted by molar-refractivity contribution is 5.78. The summed E-state index contributed by atoms with van der Waals surface area (Å²) in [5, 5.41) is 9.56. The number of hydrogen-bond donors (Lipinski definition) is 1. The van der Waals surface area contributed by atoms with Gasteiger partial charge in [-0.15, -0.1) is 0 Å². The van der Waals surface area contributed by atoms with Gasteiger partial charge in [-0.1, -0.05) is 20.8 Å². The van der Waals surface area contributed by atoms with Gasteiger partial charge in [0.2, 0.25) is 0 Å². The molecule has 0 aromatic carbocycles. The van der Waals surface area contributed by atoms with Crippen molar-refractivity contribution in [3.05, 3.63) is 0 Å². The molecular formula is C13H27NO3. The van der Waals surface area contributed by atoms with Gasteiger partial charge >= 0.3 is 5.97 Å². The third kappa shape index (κ3) is 3.68. The summed E-state index contributed by atoms with van der Waals surface area (Å²) in [4.78, 5) is 13.7. The molecule has 0 rings (SSSR count). The fourth-order valence-electron chi connectivity index (χ4n) is 2.35. The second kappa shape index (κ2) is 7.67. The molecule has 1 unspecified atom stereocenters. The highest BCUT2D eigenvalue weighted by Crippen LogP contribution is 2.27. The zero-order chi connectivity index (χ0) is 13.5. The quantitative estimate of drug-likeness (QED) is 0.677. The number of carbonyl (C=O) groups is 1. The average molecular weight is 245 g/mol. The van der Waals surface area contributed by atoms with Gasteiger partial charge in [0.25, 0.3) is 0 Å². The van der Waals surface area contributed by atoms with E-state index in [0.29, 0.717) is 26.0 Å². The normalized spacial score (nSPS) is 14.0. The smallest absolute Gasteiger partial charge is 0.324 e. The van der Waals surface area contributed by atoms with Crippen molar-refractivity contribution < 1.29 is 14.6 Å². The standard InChI is InChI=1S/C13H27NO3/c1-6-11(4)14(9-10-17-5)13(7-2,8-3)12(15)16/h11H,6-10H2,1-5H3,(H,15,16). The number of rotatable bonds is 9. The summed E-state index contributed by atoms with van der Waals surface area (Å²) in [5.41, 5.74) is -0.756. The van der Waals surface area contributed by atoms with Gasteiger partial charge < -0.3 is 9.84 Å². The van der Waals surface area contributed by atoms with Crippen molar-refractivity contribution in [1.82, 2.24) is 4.90 Å². The van der Waals surface area contributed by atoms with Crippen molar-refractivity contribution in [3.63, 3.8) is 0 Å². The van der Waals surface area contributed by atoms with Gasteiger partial charge in [-0.05, 0) is 26.2 Å². The van der Waals surface area contributed by atoms with E-state index < -0.39 is 11.5 Å². The van der Waals surface area contributed by atoms with Crippen molar-refractivity contribution in [1.29, 1.82) is 0 Å². The Hall–Kier alpha value is -0.610. The van der Waals surface area contributed by atoms with Crippen LogP contribution in [0.3, 0.4) is 0 Å². The van der Waals surface area contributed by atoms with Gasteiger partial charge in [0.15, 0.2) is 0 Å². The van der Waals surface area contributed by atoms with Crippen LogP contribution in [0.2, 0.25) is 0 Å². The van der Waals surface area contributed by atoms with Crippen molar-refractivity contribution in [2.24, 2.45) is 0 Å². The SMILES string of the molecule is CCC(C)N(CCOC)C(CC)(CC)C(=O)O. The molecule has 4 heteroatoms. The molecule has 0 aliphatic heterocycles. The summed E-state index contributed by atoms with van der Waals surface area (Å²) in [6, 6.07) is 0.251. The average Bonchev–Trinajstić information content (AvgIpc) is 2.33. The van der Waals surface area contributed by atoms with Crippen LogP contribution in [0.1, 0.15) is 47.0 Å². The van der Waals surface area contributed by atoms with Gasteiger partial charge in [-0.2, -0.15) is 0 Å². The lowest BCUT2D eigenvalue weighted by molar-refractivity contribution is -0.155. The molecule has 1 atom stereocenters. The van der Waals surface area contributed by atoms with E-state index in [-0.39, 0.29) is 6.04 Å². The maximum atomic E-state index is 11.6. The summed E-state index contributed by atoms with van der Waals surface area (Å²) in [7, 11) is 1.65. The summed E-state index contributed by atoms with van der Waals surface area (Å²) in [5.74, 6) is -0.723. The minimum atomic E-state index is -0.756. The van der Waals surface area contributed by atoms with Gasteiger partial charge in [-0.25, -0.2) is 0 Å². The van der Waals surface area contributed by atoms with E-state index in [1.165, 1.54) is 0 Å². The van der Waals surface area contributed by atoms with Crippen molar-refractivity contribution in [3.8, 4) is 0 Å². The third-order valence-electron chi connectivity index (χ3n) is 3.78. The Morgan fingerprint density at radius 2 is 1.88 bits per heavy atom. The molecule has 0 aromatic rings. The van der Waals surface area contributed by atoms with Crippen LogP contribution in [-0.2, 0) is 9.53 Å². The van der Waals surface area contributed by atoms with E-state index in [1.54, 1.807) is 7.11 Å². The molecule has 102 valence electrons. The molecule has 1 N–H and O–H groups in total. The van der Waals surface area contributed by atoms with E-state index in [0.717, 1.165) is 6.42 Å². The number of methoxy groups -OCH3 is 1. The van der Waals surface area contributed by atoms with Crippen molar-refractivity contribution >= 4 is 5.97 Å². The molecule has 0 spiro atoms. The van der Waals surface area contributed by atoms with Gasteiger partial charge in [0.05, 0.1) is 6.61 Å². The lowest BCUT2D eigenvalue weighted by Crippen LogP contribution is -2.58. The van der Waals surface area contributed by atoms with Crippen LogP contribution < -0.4 is 0 Å². The van der Waals surface area contributed by atoms with Gasteiger partial charge in [0, 0.05) is 19.7 Å². The second-order valence-corrected chi connectivity index (χ2v) is 4.49. The molecule has 0 heterocycles. The molecule has 0 radical (unpaired) electrons. The molecular weight excluding hydrogens is 218 g/mol. The topological polar surface area (TPSA) is 49.8 Å². The Bertz CT molecular complexity index is 227. The lowest BCUT2D eigenvalue weighted by atomic mass is 9.88. The summed E-state index contributed by atoms with van der Waals surface area (Å²) >= 11 is 0. The van der Waals surface area contributed by atoms with Crippen LogP contribution >= 0.6 is 0 Å². The summed E-state index contributed by atoms with van der Waals surface area (Å²) in [6.45, 7) is 9.29. The number of hydrogen-bond acceptors (Lipinski definition) is 3. The molecule has 0 saturated carbocycles. The first-order valence-electron chi connectivity index (χ1n) is 6.49. The first-order chi connectivity index (χ1) is 7.99. The molecule has 0 aromatic heterocycles.